The molecule has 2 aromatic rings. The first-order valence-electron chi connectivity index (χ1n) is 10.1. The lowest BCUT2D eigenvalue weighted by atomic mass is 10.2. The number of nitrogens with one attached hydrogen (secondary N) is 1. The molecule has 0 saturated carbocycles. The van der Waals surface area contributed by atoms with E-state index in [1.54, 1.807) is 0 Å². The van der Waals surface area contributed by atoms with Crippen molar-refractivity contribution >= 4 is 12.0 Å². The molecular formula is C22H32N6. The normalized spacial score (nSPS) is 17.2. The standard InChI is InChI=1S/C22H32N6/c1-20(19-28-13-7-11-25-28)18-24-22(23-2)27-16-14-26(15-17-27)12-6-10-21-8-4-3-5-9-21/h3-11,13,20H,12,14-19H2,1-2H3,(H,23,24)/b10-6+. The molecule has 1 N–H and O–H groups in total. The molecule has 1 saturated heterocycles. The predicted molar refractivity (Wildman–Crippen MR) is 116 cm³/mol. The van der Waals surface area contributed by atoms with Crippen LogP contribution in [-0.4, -0.2) is 71.9 Å². The molecule has 2 heterocycles. The van der Waals surface area contributed by atoms with Crippen molar-refractivity contribution in [1.29, 1.82) is 0 Å². The first-order chi connectivity index (χ1) is 13.7. The Morgan fingerprint density at radius 1 is 1.18 bits per heavy atom. The van der Waals surface area contributed by atoms with Crippen LogP contribution in [0.15, 0.2) is 59.9 Å². The molecule has 0 bridgehead atoms. The number of hydrogen-bond acceptors (Lipinski definition) is 3. The van der Waals surface area contributed by atoms with Crippen LogP contribution in [0, 0.1) is 5.92 Å². The van der Waals surface area contributed by atoms with E-state index in [4.69, 9.17) is 0 Å². The Morgan fingerprint density at radius 2 is 1.96 bits per heavy atom. The maximum absolute atomic E-state index is 4.48. The van der Waals surface area contributed by atoms with Gasteiger partial charge in [-0.2, -0.15) is 5.10 Å². The maximum Gasteiger partial charge on any atom is 0.193 e. The van der Waals surface area contributed by atoms with Gasteiger partial charge in [0.25, 0.3) is 0 Å². The van der Waals surface area contributed by atoms with Gasteiger partial charge in [-0.25, -0.2) is 0 Å². The molecule has 6 nitrogen and oxygen atoms in total. The van der Waals surface area contributed by atoms with Crippen LogP contribution < -0.4 is 5.32 Å². The number of benzene rings is 1. The van der Waals surface area contributed by atoms with E-state index >= 15 is 0 Å². The first kappa shape index (κ1) is 20.1. The number of nitrogens with zero attached hydrogens (tertiary/aromatic N) is 5. The quantitative estimate of drug-likeness (QED) is 0.592. The number of piperazine rings is 1. The molecule has 6 heteroatoms. The van der Waals surface area contributed by atoms with Gasteiger partial charge in [0, 0.05) is 65.3 Å². The van der Waals surface area contributed by atoms with E-state index < -0.39 is 0 Å². The summed E-state index contributed by atoms with van der Waals surface area (Å²) in [4.78, 5) is 9.33. The van der Waals surface area contributed by atoms with E-state index in [0.717, 1.165) is 51.8 Å². The lowest BCUT2D eigenvalue weighted by Crippen LogP contribution is -2.53. The molecule has 0 aliphatic carbocycles. The third kappa shape index (κ3) is 6.23. The summed E-state index contributed by atoms with van der Waals surface area (Å²) in [7, 11) is 1.87. The number of guanidine groups is 1. The van der Waals surface area contributed by atoms with Crippen LogP contribution >= 0.6 is 0 Å². The average Bonchev–Trinajstić information content (AvgIpc) is 3.23. The minimum atomic E-state index is 0.487. The van der Waals surface area contributed by atoms with Gasteiger partial charge in [0.1, 0.15) is 0 Å². The van der Waals surface area contributed by atoms with E-state index in [0.29, 0.717) is 5.92 Å². The van der Waals surface area contributed by atoms with E-state index in [-0.39, 0.29) is 0 Å². The van der Waals surface area contributed by atoms with Crippen LogP contribution in [-0.2, 0) is 6.54 Å². The fraction of sp³-hybridized carbons (Fsp3) is 0.455. The molecule has 3 rings (SSSR count). The SMILES string of the molecule is CN=C(NCC(C)Cn1cccn1)N1CCN(C/C=C/c2ccccc2)CC1. The summed E-state index contributed by atoms with van der Waals surface area (Å²) < 4.78 is 1.98. The second-order valence-corrected chi connectivity index (χ2v) is 7.36. The van der Waals surface area contributed by atoms with Crippen molar-refractivity contribution in [1.82, 2.24) is 24.9 Å². The molecule has 1 fully saturated rings. The van der Waals surface area contributed by atoms with Crippen LogP contribution in [0.1, 0.15) is 12.5 Å². The molecule has 0 spiro atoms. The summed E-state index contributed by atoms with van der Waals surface area (Å²) in [6.07, 6.45) is 8.30. The van der Waals surface area contributed by atoms with Crippen molar-refractivity contribution in [3.63, 3.8) is 0 Å². The molecule has 0 radical (unpaired) electrons. The largest absolute Gasteiger partial charge is 0.356 e. The van der Waals surface area contributed by atoms with Crippen LogP contribution in [0.25, 0.3) is 6.08 Å². The Kier molecular flexibility index (Phi) is 7.67. The lowest BCUT2D eigenvalue weighted by molar-refractivity contribution is 0.194. The smallest absolute Gasteiger partial charge is 0.193 e. The molecular weight excluding hydrogens is 348 g/mol. The van der Waals surface area contributed by atoms with E-state index in [9.17, 15) is 0 Å². The number of aliphatic imine (C=N–C) groups is 1. The predicted octanol–water partition coefficient (Wildman–Crippen LogP) is 2.43. The zero-order valence-corrected chi connectivity index (χ0v) is 17.0. The minimum Gasteiger partial charge on any atom is -0.356 e. The minimum absolute atomic E-state index is 0.487. The highest BCUT2D eigenvalue weighted by atomic mass is 15.3. The zero-order chi connectivity index (χ0) is 19.6. The summed E-state index contributed by atoms with van der Waals surface area (Å²) in [5, 5.41) is 7.82. The van der Waals surface area contributed by atoms with Gasteiger partial charge >= 0.3 is 0 Å². The molecule has 1 unspecified atom stereocenters. The maximum atomic E-state index is 4.48. The third-order valence-corrected chi connectivity index (χ3v) is 5.02. The van der Waals surface area contributed by atoms with Gasteiger partial charge in [0.15, 0.2) is 5.96 Å². The van der Waals surface area contributed by atoms with Crippen LogP contribution in [0.2, 0.25) is 0 Å². The molecule has 1 aromatic heterocycles. The summed E-state index contributed by atoms with van der Waals surface area (Å²) in [5.41, 5.74) is 1.26. The monoisotopic (exact) mass is 380 g/mol. The van der Waals surface area contributed by atoms with Crippen LogP contribution in [0.4, 0.5) is 0 Å². The fourth-order valence-corrected chi connectivity index (χ4v) is 3.43. The van der Waals surface area contributed by atoms with Crippen molar-refractivity contribution in [2.24, 2.45) is 10.9 Å². The van der Waals surface area contributed by atoms with Crippen LogP contribution in [0.3, 0.4) is 0 Å². The molecule has 1 aromatic carbocycles. The summed E-state index contributed by atoms with van der Waals surface area (Å²) >= 11 is 0. The number of hydrogen-bond donors (Lipinski definition) is 1. The van der Waals surface area contributed by atoms with Crippen LogP contribution in [0.5, 0.6) is 0 Å². The number of aromatic nitrogens is 2. The average molecular weight is 381 g/mol. The molecule has 28 heavy (non-hydrogen) atoms. The number of rotatable bonds is 7. The highest BCUT2D eigenvalue weighted by molar-refractivity contribution is 5.80. The second kappa shape index (κ2) is 10.7. The van der Waals surface area contributed by atoms with Gasteiger partial charge < -0.3 is 10.2 Å². The second-order valence-electron chi connectivity index (χ2n) is 7.36. The molecule has 1 aliphatic rings. The van der Waals surface area contributed by atoms with Crippen molar-refractivity contribution < 1.29 is 0 Å². The molecule has 1 atom stereocenters. The van der Waals surface area contributed by atoms with Crippen molar-refractivity contribution in [3.8, 4) is 0 Å². The zero-order valence-electron chi connectivity index (χ0n) is 17.0. The van der Waals surface area contributed by atoms with Gasteiger partial charge in [-0.3, -0.25) is 14.6 Å². The molecule has 0 amide bonds. The fourth-order valence-electron chi connectivity index (χ4n) is 3.43. The Hall–Kier alpha value is -2.60. The topological polar surface area (TPSA) is 48.7 Å². The van der Waals surface area contributed by atoms with Gasteiger partial charge in [-0.1, -0.05) is 49.4 Å². The van der Waals surface area contributed by atoms with E-state index in [1.165, 1.54) is 5.56 Å². The van der Waals surface area contributed by atoms with Gasteiger partial charge in [0.05, 0.1) is 0 Å². The highest BCUT2D eigenvalue weighted by Gasteiger charge is 2.19. The summed E-state index contributed by atoms with van der Waals surface area (Å²) in [6, 6.07) is 12.4. The first-order valence-corrected chi connectivity index (χ1v) is 10.1. The summed E-state index contributed by atoms with van der Waals surface area (Å²) in [6.45, 7) is 9.17. The van der Waals surface area contributed by atoms with Crippen molar-refractivity contribution in [2.45, 2.75) is 13.5 Å². The van der Waals surface area contributed by atoms with E-state index in [1.807, 2.05) is 30.2 Å². The summed E-state index contributed by atoms with van der Waals surface area (Å²) in [5.74, 6) is 1.49. The highest BCUT2D eigenvalue weighted by Crippen LogP contribution is 2.06. The Balaban J connectivity index is 1.38. The Bertz CT molecular complexity index is 730. The molecule has 1 aliphatic heterocycles. The van der Waals surface area contributed by atoms with Gasteiger partial charge in [-0.15, -0.1) is 0 Å². The van der Waals surface area contributed by atoms with Gasteiger partial charge in [0.2, 0.25) is 0 Å². The van der Waals surface area contributed by atoms with Crippen molar-refractivity contribution in [2.75, 3.05) is 46.3 Å². The lowest BCUT2D eigenvalue weighted by Gasteiger charge is -2.36. The third-order valence-electron chi connectivity index (χ3n) is 5.02. The Morgan fingerprint density at radius 3 is 2.64 bits per heavy atom. The Labute approximate surface area is 168 Å². The van der Waals surface area contributed by atoms with Crippen molar-refractivity contribution in [3.05, 3.63) is 60.4 Å². The van der Waals surface area contributed by atoms with Gasteiger partial charge in [-0.05, 0) is 17.5 Å². The molecule has 150 valence electrons. The van der Waals surface area contributed by atoms with E-state index in [2.05, 4.69) is 74.6 Å².